The van der Waals surface area contributed by atoms with E-state index in [1.165, 1.54) is 18.3 Å². The lowest BCUT2D eigenvalue weighted by Gasteiger charge is -2.23. The zero-order chi connectivity index (χ0) is 14.5. The van der Waals surface area contributed by atoms with Crippen LogP contribution in [0.5, 0.6) is 0 Å². The molecule has 1 N–H and O–H groups in total. The number of carboxylic acids is 1. The van der Waals surface area contributed by atoms with Crippen molar-refractivity contribution in [1.29, 1.82) is 0 Å². The molecule has 0 bridgehead atoms. The largest absolute Gasteiger partial charge is 0.478 e. The molecule has 0 atom stereocenters. The molecule has 1 aromatic carbocycles. The number of aromatic nitrogens is 1. The Hall–Kier alpha value is -2.43. The number of carboxylic acid groups (broad SMARTS) is 1. The summed E-state index contributed by atoms with van der Waals surface area (Å²) in [6, 6.07) is 9.70. The van der Waals surface area contributed by atoms with Crippen LogP contribution in [0, 0.1) is 5.82 Å². The van der Waals surface area contributed by atoms with Crippen molar-refractivity contribution in [1.82, 2.24) is 4.98 Å². The maximum Gasteiger partial charge on any atom is 0.337 e. The number of aromatic carboxylic acids is 1. The van der Waals surface area contributed by atoms with E-state index in [4.69, 9.17) is 5.11 Å². The van der Waals surface area contributed by atoms with Crippen molar-refractivity contribution in [2.45, 2.75) is 13.5 Å². The lowest BCUT2D eigenvalue weighted by Crippen LogP contribution is -2.23. The number of rotatable bonds is 5. The Morgan fingerprint density at radius 1 is 1.30 bits per heavy atom. The third-order valence-corrected chi connectivity index (χ3v) is 3.00. The van der Waals surface area contributed by atoms with Gasteiger partial charge in [-0.1, -0.05) is 12.1 Å². The number of pyridine rings is 1. The molecule has 0 aliphatic heterocycles. The van der Waals surface area contributed by atoms with Crippen molar-refractivity contribution in [3.05, 3.63) is 59.7 Å². The highest BCUT2D eigenvalue weighted by molar-refractivity contribution is 5.87. The molecular weight excluding hydrogens is 259 g/mol. The summed E-state index contributed by atoms with van der Waals surface area (Å²) in [5.74, 6) is -1.29. The molecule has 0 spiro atoms. The molecule has 20 heavy (non-hydrogen) atoms. The summed E-state index contributed by atoms with van der Waals surface area (Å²) in [6.07, 6.45) is 1.31. The van der Waals surface area contributed by atoms with Crippen LogP contribution in [0.3, 0.4) is 0 Å². The van der Waals surface area contributed by atoms with E-state index in [-0.39, 0.29) is 11.4 Å². The number of para-hydroxylation sites is 1. The van der Waals surface area contributed by atoms with Crippen molar-refractivity contribution >= 4 is 11.7 Å². The van der Waals surface area contributed by atoms with Crippen molar-refractivity contribution in [3.63, 3.8) is 0 Å². The van der Waals surface area contributed by atoms with Gasteiger partial charge in [0, 0.05) is 12.7 Å². The Labute approximate surface area is 116 Å². The first-order valence-corrected chi connectivity index (χ1v) is 6.29. The highest BCUT2D eigenvalue weighted by Gasteiger charge is 2.11. The van der Waals surface area contributed by atoms with Crippen LogP contribution in [-0.4, -0.2) is 22.6 Å². The molecule has 0 aliphatic carbocycles. The van der Waals surface area contributed by atoms with Gasteiger partial charge in [-0.25, -0.2) is 9.18 Å². The predicted octanol–water partition coefficient (Wildman–Crippen LogP) is 2.95. The van der Waals surface area contributed by atoms with Crippen LogP contribution in [0.25, 0.3) is 0 Å². The Morgan fingerprint density at radius 3 is 2.60 bits per heavy atom. The Kier molecular flexibility index (Phi) is 4.30. The van der Waals surface area contributed by atoms with Crippen LogP contribution in [0.2, 0.25) is 0 Å². The highest BCUT2D eigenvalue weighted by atomic mass is 19.1. The number of hydrogen-bond donors (Lipinski definition) is 1. The second-order valence-corrected chi connectivity index (χ2v) is 4.31. The van der Waals surface area contributed by atoms with Gasteiger partial charge in [-0.2, -0.15) is 0 Å². The first-order valence-electron chi connectivity index (χ1n) is 6.29. The smallest absolute Gasteiger partial charge is 0.337 e. The molecule has 2 rings (SSSR count). The van der Waals surface area contributed by atoms with Crippen LogP contribution >= 0.6 is 0 Å². The van der Waals surface area contributed by atoms with Crippen LogP contribution < -0.4 is 4.90 Å². The van der Waals surface area contributed by atoms with E-state index in [0.717, 1.165) is 0 Å². The maximum atomic E-state index is 13.8. The Balaban J connectivity index is 2.18. The molecule has 0 saturated carbocycles. The van der Waals surface area contributed by atoms with Gasteiger partial charge >= 0.3 is 5.97 Å². The van der Waals surface area contributed by atoms with Crippen LogP contribution in [0.4, 0.5) is 10.1 Å². The topological polar surface area (TPSA) is 53.4 Å². The zero-order valence-electron chi connectivity index (χ0n) is 11.1. The van der Waals surface area contributed by atoms with Crippen LogP contribution in [0.15, 0.2) is 42.6 Å². The number of benzene rings is 1. The minimum Gasteiger partial charge on any atom is -0.478 e. The molecule has 1 heterocycles. The van der Waals surface area contributed by atoms with Gasteiger partial charge in [-0.05, 0) is 31.2 Å². The fourth-order valence-electron chi connectivity index (χ4n) is 1.92. The summed E-state index contributed by atoms with van der Waals surface area (Å²) < 4.78 is 13.8. The number of carbonyl (C=O) groups is 1. The quantitative estimate of drug-likeness (QED) is 0.910. The Morgan fingerprint density at radius 2 is 2.05 bits per heavy atom. The van der Waals surface area contributed by atoms with E-state index >= 15 is 0 Å². The van der Waals surface area contributed by atoms with Crippen molar-refractivity contribution < 1.29 is 14.3 Å². The van der Waals surface area contributed by atoms with E-state index in [9.17, 15) is 9.18 Å². The van der Waals surface area contributed by atoms with Gasteiger partial charge in [-0.3, -0.25) is 4.98 Å². The van der Waals surface area contributed by atoms with E-state index in [1.54, 1.807) is 24.3 Å². The molecule has 0 aliphatic rings. The minimum atomic E-state index is -1.01. The van der Waals surface area contributed by atoms with E-state index in [1.807, 2.05) is 11.8 Å². The van der Waals surface area contributed by atoms with Crippen molar-refractivity contribution in [2.75, 3.05) is 11.4 Å². The molecule has 1 aromatic heterocycles. The highest BCUT2D eigenvalue weighted by Crippen LogP contribution is 2.20. The van der Waals surface area contributed by atoms with Crippen molar-refractivity contribution in [2.24, 2.45) is 0 Å². The standard InChI is InChI=1S/C15H15FN2O2/c1-2-18(14-6-4-3-5-13(14)16)10-12-8-7-11(9-17-12)15(19)20/h3-9H,2,10H2,1H3,(H,19,20). The molecule has 2 aromatic rings. The van der Waals surface area contributed by atoms with E-state index < -0.39 is 5.97 Å². The molecule has 0 amide bonds. The SMILES string of the molecule is CCN(Cc1ccc(C(=O)O)cn1)c1ccccc1F. The summed E-state index contributed by atoms with van der Waals surface area (Å²) in [5.41, 5.74) is 1.35. The molecule has 0 saturated heterocycles. The van der Waals surface area contributed by atoms with Gasteiger partial charge in [0.05, 0.1) is 23.5 Å². The number of anilines is 1. The fraction of sp³-hybridized carbons (Fsp3) is 0.200. The summed E-state index contributed by atoms with van der Waals surface area (Å²) >= 11 is 0. The first-order chi connectivity index (χ1) is 9.61. The Bertz CT molecular complexity index is 599. The first kappa shape index (κ1) is 14.0. The fourth-order valence-corrected chi connectivity index (χ4v) is 1.92. The van der Waals surface area contributed by atoms with Crippen molar-refractivity contribution in [3.8, 4) is 0 Å². The zero-order valence-corrected chi connectivity index (χ0v) is 11.1. The van der Waals surface area contributed by atoms with Gasteiger partial charge in [0.15, 0.2) is 0 Å². The summed E-state index contributed by atoms with van der Waals surface area (Å²) in [7, 11) is 0. The summed E-state index contributed by atoms with van der Waals surface area (Å²) in [5, 5.41) is 8.82. The molecule has 5 heteroatoms. The van der Waals surface area contributed by atoms with Gasteiger partial charge in [-0.15, -0.1) is 0 Å². The number of hydrogen-bond acceptors (Lipinski definition) is 3. The molecule has 4 nitrogen and oxygen atoms in total. The third-order valence-electron chi connectivity index (χ3n) is 3.00. The summed E-state index contributed by atoms with van der Waals surface area (Å²) in [4.78, 5) is 16.7. The predicted molar refractivity (Wildman–Crippen MR) is 74.3 cm³/mol. The van der Waals surface area contributed by atoms with Gasteiger partial charge < -0.3 is 10.0 Å². The summed E-state index contributed by atoms with van der Waals surface area (Å²) in [6.45, 7) is 2.98. The average Bonchev–Trinajstić information content (AvgIpc) is 2.46. The molecular formula is C15H15FN2O2. The monoisotopic (exact) mass is 274 g/mol. The maximum absolute atomic E-state index is 13.8. The molecule has 0 fully saturated rings. The molecule has 104 valence electrons. The minimum absolute atomic E-state index is 0.141. The van der Waals surface area contributed by atoms with Gasteiger partial charge in [0.2, 0.25) is 0 Å². The molecule has 0 radical (unpaired) electrons. The van der Waals surface area contributed by atoms with Crippen LogP contribution in [0.1, 0.15) is 23.0 Å². The van der Waals surface area contributed by atoms with Gasteiger partial charge in [0.25, 0.3) is 0 Å². The van der Waals surface area contributed by atoms with E-state index in [0.29, 0.717) is 24.5 Å². The number of nitrogens with zero attached hydrogens (tertiary/aromatic N) is 2. The lowest BCUT2D eigenvalue weighted by molar-refractivity contribution is 0.0696. The number of halogens is 1. The second-order valence-electron chi connectivity index (χ2n) is 4.31. The average molecular weight is 274 g/mol. The van der Waals surface area contributed by atoms with Gasteiger partial charge in [0.1, 0.15) is 5.82 Å². The second kappa shape index (κ2) is 6.14. The third kappa shape index (κ3) is 3.12. The molecule has 0 unspecified atom stereocenters. The van der Waals surface area contributed by atoms with E-state index in [2.05, 4.69) is 4.98 Å². The normalized spacial score (nSPS) is 10.3. The lowest BCUT2D eigenvalue weighted by atomic mass is 10.2. The van der Waals surface area contributed by atoms with Crippen LogP contribution in [-0.2, 0) is 6.54 Å².